The van der Waals surface area contributed by atoms with Crippen LogP contribution in [0.4, 0.5) is 0 Å². The highest BCUT2D eigenvalue weighted by atomic mass is 16.3. The number of fused-ring (bicyclic) bond motifs is 1. The summed E-state index contributed by atoms with van der Waals surface area (Å²) in [6.45, 7) is 3.83. The van der Waals surface area contributed by atoms with Gasteiger partial charge in [0.1, 0.15) is 11.5 Å². The number of pyridine rings is 1. The van der Waals surface area contributed by atoms with E-state index in [2.05, 4.69) is 5.32 Å². The van der Waals surface area contributed by atoms with Gasteiger partial charge in [0.25, 0.3) is 5.91 Å². The van der Waals surface area contributed by atoms with E-state index >= 15 is 0 Å². The van der Waals surface area contributed by atoms with Crippen LogP contribution in [-0.4, -0.2) is 10.9 Å². The zero-order valence-electron chi connectivity index (χ0n) is 13.9. The second-order valence-electron chi connectivity index (χ2n) is 6.53. The molecule has 1 aliphatic carbocycles. The summed E-state index contributed by atoms with van der Waals surface area (Å²) in [6, 6.07) is 13.4. The number of amides is 1. The van der Waals surface area contributed by atoms with E-state index in [4.69, 9.17) is 9.40 Å². The molecule has 1 amide bonds. The van der Waals surface area contributed by atoms with Crippen LogP contribution >= 0.6 is 0 Å². The Hall–Kier alpha value is -2.62. The third kappa shape index (κ3) is 2.80. The zero-order valence-corrected chi connectivity index (χ0v) is 13.9. The van der Waals surface area contributed by atoms with Gasteiger partial charge in [0, 0.05) is 17.0 Å². The van der Waals surface area contributed by atoms with Gasteiger partial charge < -0.3 is 9.73 Å². The first-order chi connectivity index (χ1) is 11.6. The smallest absolute Gasteiger partial charge is 0.252 e. The number of hydrogen-bond acceptors (Lipinski definition) is 3. The maximum absolute atomic E-state index is 12.9. The summed E-state index contributed by atoms with van der Waals surface area (Å²) in [6.07, 6.45) is 2.32. The predicted octanol–water partition coefficient (Wildman–Crippen LogP) is 4.50. The van der Waals surface area contributed by atoms with Crippen molar-refractivity contribution in [2.75, 3.05) is 0 Å². The van der Waals surface area contributed by atoms with E-state index in [1.165, 1.54) is 0 Å². The molecule has 2 aromatic heterocycles. The second kappa shape index (κ2) is 5.78. The van der Waals surface area contributed by atoms with Crippen molar-refractivity contribution >= 4 is 16.8 Å². The summed E-state index contributed by atoms with van der Waals surface area (Å²) in [4.78, 5) is 17.6. The van der Waals surface area contributed by atoms with Crippen molar-refractivity contribution in [3.8, 4) is 0 Å². The molecule has 4 heteroatoms. The Bertz CT molecular complexity index is 909. The molecule has 1 saturated carbocycles. The second-order valence-corrected chi connectivity index (χ2v) is 6.53. The number of carbonyl (C=O) groups is 1. The van der Waals surface area contributed by atoms with Crippen molar-refractivity contribution in [1.29, 1.82) is 0 Å². The topological polar surface area (TPSA) is 55.1 Å². The summed E-state index contributed by atoms with van der Waals surface area (Å²) in [5, 5.41) is 3.93. The monoisotopic (exact) mass is 320 g/mol. The molecular formula is C20H20N2O2. The van der Waals surface area contributed by atoms with Crippen LogP contribution in [-0.2, 0) is 0 Å². The molecule has 0 radical (unpaired) electrons. The fourth-order valence-electron chi connectivity index (χ4n) is 3.00. The lowest BCUT2D eigenvalue weighted by atomic mass is 10.0. The van der Waals surface area contributed by atoms with Crippen molar-refractivity contribution in [3.05, 3.63) is 65.2 Å². The number of furan rings is 1. The maximum atomic E-state index is 12.9. The van der Waals surface area contributed by atoms with Crippen LogP contribution in [0, 0.1) is 6.92 Å². The quantitative estimate of drug-likeness (QED) is 0.770. The lowest BCUT2D eigenvalue weighted by Gasteiger charge is -2.14. The number of benzene rings is 1. The first-order valence-corrected chi connectivity index (χ1v) is 8.38. The van der Waals surface area contributed by atoms with Crippen molar-refractivity contribution < 1.29 is 9.21 Å². The summed E-state index contributed by atoms with van der Waals surface area (Å²) in [7, 11) is 0. The first kappa shape index (κ1) is 14.9. The molecule has 1 N–H and O–H groups in total. The van der Waals surface area contributed by atoms with Crippen molar-refractivity contribution in [3.63, 3.8) is 0 Å². The van der Waals surface area contributed by atoms with E-state index in [1.54, 1.807) is 0 Å². The Balaban J connectivity index is 1.68. The van der Waals surface area contributed by atoms with Gasteiger partial charge in [-0.1, -0.05) is 18.2 Å². The number of nitrogens with one attached hydrogen (secondary N) is 1. The number of para-hydroxylation sites is 1. The minimum atomic E-state index is -0.178. The molecule has 1 fully saturated rings. The third-order valence-corrected chi connectivity index (χ3v) is 4.51. The van der Waals surface area contributed by atoms with Crippen LogP contribution in [0.3, 0.4) is 0 Å². The first-order valence-electron chi connectivity index (χ1n) is 8.38. The molecule has 4 nitrogen and oxygen atoms in total. The summed E-state index contributed by atoms with van der Waals surface area (Å²) in [5.74, 6) is 2.03. The van der Waals surface area contributed by atoms with E-state index in [1.807, 2.05) is 56.3 Å². The number of aryl methyl sites for hydroxylation is 1. The fourth-order valence-corrected chi connectivity index (χ4v) is 3.00. The molecule has 122 valence electrons. The molecular weight excluding hydrogens is 300 g/mol. The van der Waals surface area contributed by atoms with E-state index in [0.29, 0.717) is 11.5 Å². The lowest BCUT2D eigenvalue weighted by molar-refractivity contribution is 0.0936. The van der Waals surface area contributed by atoms with Gasteiger partial charge in [-0.3, -0.25) is 9.78 Å². The number of carbonyl (C=O) groups excluding carboxylic acids is 1. The molecule has 0 bridgehead atoms. The number of hydrogen-bond donors (Lipinski definition) is 1. The average Bonchev–Trinajstić information content (AvgIpc) is 3.34. The van der Waals surface area contributed by atoms with Gasteiger partial charge in [-0.2, -0.15) is 0 Å². The average molecular weight is 320 g/mol. The van der Waals surface area contributed by atoms with Crippen molar-refractivity contribution in [1.82, 2.24) is 10.3 Å². The Labute approximate surface area is 140 Å². The van der Waals surface area contributed by atoms with Crippen molar-refractivity contribution in [2.45, 2.75) is 38.6 Å². The van der Waals surface area contributed by atoms with Gasteiger partial charge in [0.2, 0.25) is 0 Å². The Morgan fingerprint density at radius 2 is 2.04 bits per heavy atom. The van der Waals surface area contributed by atoms with E-state index in [9.17, 15) is 4.79 Å². The van der Waals surface area contributed by atoms with Crippen LogP contribution in [0.15, 0.2) is 46.9 Å². The highest BCUT2D eigenvalue weighted by Gasteiger charge is 2.27. The Kier molecular flexibility index (Phi) is 3.60. The van der Waals surface area contributed by atoms with Gasteiger partial charge in [0.15, 0.2) is 0 Å². The molecule has 1 aliphatic rings. The molecule has 1 atom stereocenters. The fraction of sp³-hybridized carbons (Fsp3) is 0.300. The highest BCUT2D eigenvalue weighted by Crippen LogP contribution is 2.40. The van der Waals surface area contributed by atoms with Crippen molar-refractivity contribution in [2.24, 2.45) is 0 Å². The summed E-state index contributed by atoms with van der Waals surface area (Å²) in [5.41, 5.74) is 2.60. The molecule has 2 heterocycles. The van der Waals surface area contributed by atoms with E-state index < -0.39 is 0 Å². The lowest BCUT2D eigenvalue weighted by Crippen LogP contribution is -2.26. The van der Waals surface area contributed by atoms with Gasteiger partial charge >= 0.3 is 0 Å². The van der Waals surface area contributed by atoms with E-state index in [0.717, 1.165) is 41.0 Å². The summed E-state index contributed by atoms with van der Waals surface area (Å²) < 4.78 is 5.61. The van der Waals surface area contributed by atoms with Crippen LogP contribution in [0.2, 0.25) is 0 Å². The van der Waals surface area contributed by atoms with Gasteiger partial charge in [-0.05, 0) is 51.0 Å². The van der Waals surface area contributed by atoms with Crippen LogP contribution in [0.5, 0.6) is 0 Å². The number of rotatable bonds is 4. The molecule has 0 aliphatic heterocycles. The number of nitrogens with zero attached hydrogens (tertiary/aromatic N) is 1. The van der Waals surface area contributed by atoms with Gasteiger partial charge in [0.05, 0.1) is 17.1 Å². The van der Waals surface area contributed by atoms with E-state index in [-0.39, 0.29) is 11.9 Å². The molecule has 0 spiro atoms. The minimum absolute atomic E-state index is 0.0861. The molecule has 1 aromatic carbocycles. The van der Waals surface area contributed by atoms with Crippen LogP contribution < -0.4 is 5.32 Å². The molecule has 3 aromatic rings. The standard InChI is InChI=1S/C20H20N2O2/c1-12-7-10-19(24-12)13(2)21-20(23)16-11-18(14-8-9-14)22-17-6-4-3-5-15(16)17/h3-7,10-11,13-14H,8-9H2,1-2H3,(H,21,23). The molecule has 24 heavy (non-hydrogen) atoms. The van der Waals surface area contributed by atoms with Crippen LogP contribution in [0.25, 0.3) is 10.9 Å². The van der Waals surface area contributed by atoms with Gasteiger partial charge in [-0.15, -0.1) is 0 Å². The third-order valence-electron chi connectivity index (χ3n) is 4.51. The number of aromatic nitrogens is 1. The molecule has 1 unspecified atom stereocenters. The largest absolute Gasteiger partial charge is 0.464 e. The predicted molar refractivity (Wildman–Crippen MR) is 93.0 cm³/mol. The van der Waals surface area contributed by atoms with Crippen LogP contribution in [0.1, 0.15) is 59.3 Å². The maximum Gasteiger partial charge on any atom is 0.252 e. The Morgan fingerprint density at radius 1 is 1.25 bits per heavy atom. The zero-order chi connectivity index (χ0) is 16.7. The highest BCUT2D eigenvalue weighted by molar-refractivity contribution is 6.06. The molecule has 4 rings (SSSR count). The molecule has 0 saturated heterocycles. The summed E-state index contributed by atoms with van der Waals surface area (Å²) >= 11 is 0. The van der Waals surface area contributed by atoms with Gasteiger partial charge in [-0.25, -0.2) is 0 Å². The Morgan fingerprint density at radius 3 is 2.75 bits per heavy atom. The minimum Gasteiger partial charge on any atom is -0.464 e. The normalized spacial score (nSPS) is 15.4. The SMILES string of the molecule is Cc1ccc(C(C)NC(=O)c2cc(C3CC3)nc3ccccc23)o1.